The molecule has 0 saturated carbocycles. The molecule has 1 aromatic heterocycles. The Morgan fingerprint density at radius 2 is 2.00 bits per heavy atom. The van der Waals surface area contributed by atoms with Gasteiger partial charge in [0, 0.05) is 34.6 Å². The van der Waals surface area contributed by atoms with Gasteiger partial charge in [-0.3, -0.25) is 4.99 Å². The fourth-order valence-corrected chi connectivity index (χ4v) is 1.85. The predicted molar refractivity (Wildman–Crippen MR) is 64.9 cm³/mol. The zero-order chi connectivity index (χ0) is 10.1. The van der Waals surface area contributed by atoms with Crippen LogP contribution in [0.5, 0.6) is 0 Å². The van der Waals surface area contributed by atoms with Gasteiger partial charge in [0.15, 0.2) is 0 Å². The summed E-state index contributed by atoms with van der Waals surface area (Å²) in [6.45, 7) is 0. The summed E-state index contributed by atoms with van der Waals surface area (Å²) in [5.41, 5.74) is 3.51. The molecule has 0 spiro atoms. The van der Waals surface area contributed by atoms with E-state index in [1.165, 1.54) is 16.5 Å². The van der Waals surface area contributed by atoms with Crippen LogP contribution in [0.1, 0.15) is 11.3 Å². The summed E-state index contributed by atoms with van der Waals surface area (Å²) in [5.74, 6) is 0. The topological polar surface area (TPSA) is 28.1 Å². The Bertz CT molecular complexity index is 586. The van der Waals surface area contributed by atoms with Crippen molar-refractivity contribution in [3.8, 4) is 0 Å². The second kappa shape index (κ2) is 3.24. The average Bonchev–Trinajstić information content (AvgIpc) is 2.55. The third-order valence-electron chi connectivity index (χ3n) is 2.54. The van der Waals surface area contributed by atoms with E-state index >= 15 is 0 Å². The van der Waals surface area contributed by atoms with Crippen LogP contribution < -0.4 is 0 Å². The second-order valence-electron chi connectivity index (χ2n) is 3.47. The highest BCUT2D eigenvalue weighted by atomic mass is 14.7. The van der Waals surface area contributed by atoms with E-state index in [0.717, 1.165) is 5.69 Å². The fraction of sp³-hybridized carbons (Fsp3) is 0. The van der Waals surface area contributed by atoms with Crippen LogP contribution in [0, 0.1) is 0 Å². The number of para-hydroxylation sites is 1. The molecule has 3 rings (SSSR count). The maximum atomic E-state index is 4.09. The average molecular weight is 194 g/mol. The Kier molecular flexibility index (Phi) is 1.78. The van der Waals surface area contributed by atoms with Gasteiger partial charge in [-0.15, -0.1) is 0 Å². The lowest BCUT2D eigenvalue weighted by Gasteiger charge is -1.94. The van der Waals surface area contributed by atoms with Gasteiger partial charge >= 0.3 is 0 Å². The molecule has 0 amide bonds. The summed E-state index contributed by atoms with van der Waals surface area (Å²) >= 11 is 0. The summed E-state index contributed by atoms with van der Waals surface area (Å²) in [6, 6.07) is 8.31. The molecule has 1 aliphatic heterocycles. The number of nitrogens with zero attached hydrogens (tertiary/aromatic N) is 1. The molecule has 15 heavy (non-hydrogen) atoms. The number of allylic oxidation sites excluding steroid dienone is 1. The van der Waals surface area contributed by atoms with Gasteiger partial charge in [-0.2, -0.15) is 0 Å². The van der Waals surface area contributed by atoms with Crippen molar-refractivity contribution in [2.24, 2.45) is 4.99 Å². The second-order valence-corrected chi connectivity index (χ2v) is 3.47. The molecule has 2 heterocycles. The lowest BCUT2D eigenvalue weighted by Crippen LogP contribution is -1.78. The number of benzene rings is 1. The number of H-pyrrole nitrogens is 1. The fourth-order valence-electron chi connectivity index (χ4n) is 1.85. The molecule has 1 aromatic carbocycles. The lowest BCUT2D eigenvalue weighted by atomic mass is 10.1. The molecule has 0 saturated heterocycles. The number of aromatic nitrogens is 1. The monoisotopic (exact) mass is 194 g/mol. The standard InChI is InChI=1S/C13H10N2/c1-2-6-12-10(4-1)11-5-3-8-14-9-7-13(11)15-12/h1-9,15H/b5-3-,8-3?,9-7-,11-5?,13-7?,14-8-,14-9?. The van der Waals surface area contributed by atoms with Gasteiger partial charge in [0.2, 0.25) is 0 Å². The summed E-state index contributed by atoms with van der Waals surface area (Å²) in [7, 11) is 0. The first-order valence-corrected chi connectivity index (χ1v) is 4.92. The van der Waals surface area contributed by atoms with E-state index < -0.39 is 0 Å². The Morgan fingerprint density at radius 1 is 1.07 bits per heavy atom. The van der Waals surface area contributed by atoms with Crippen LogP contribution in [0.2, 0.25) is 0 Å². The van der Waals surface area contributed by atoms with Gasteiger partial charge < -0.3 is 4.98 Å². The molecule has 0 aliphatic carbocycles. The molecule has 2 aromatic rings. The molecule has 0 radical (unpaired) electrons. The van der Waals surface area contributed by atoms with Crippen LogP contribution in [0.25, 0.3) is 23.1 Å². The Morgan fingerprint density at radius 3 is 3.00 bits per heavy atom. The predicted octanol–water partition coefficient (Wildman–Crippen LogP) is 3.24. The molecule has 0 bridgehead atoms. The van der Waals surface area contributed by atoms with Crippen LogP contribution in [-0.2, 0) is 0 Å². The summed E-state index contributed by atoms with van der Waals surface area (Å²) in [6.07, 6.45) is 9.64. The van der Waals surface area contributed by atoms with Crippen LogP contribution in [0.4, 0.5) is 0 Å². The molecule has 1 N–H and O–H groups in total. The van der Waals surface area contributed by atoms with Crippen molar-refractivity contribution >= 4 is 29.3 Å². The first kappa shape index (κ1) is 8.24. The minimum atomic E-state index is 1.12. The molecule has 0 fully saturated rings. The van der Waals surface area contributed by atoms with Crippen LogP contribution >= 0.6 is 0 Å². The molecule has 2 nitrogen and oxygen atoms in total. The molecule has 0 atom stereocenters. The third kappa shape index (κ3) is 1.31. The first-order chi connectivity index (χ1) is 7.45. The van der Waals surface area contributed by atoms with Crippen molar-refractivity contribution in [1.82, 2.24) is 4.98 Å². The van der Waals surface area contributed by atoms with Crippen molar-refractivity contribution in [3.05, 3.63) is 47.8 Å². The van der Waals surface area contributed by atoms with Gasteiger partial charge in [0.05, 0.1) is 0 Å². The first-order valence-electron chi connectivity index (χ1n) is 4.92. The molecule has 72 valence electrons. The molecule has 1 aliphatic rings. The van der Waals surface area contributed by atoms with Crippen molar-refractivity contribution < 1.29 is 0 Å². The Balaban J connectivity index is 2.36. The number of nitrogens with one attached hydrogen (secondary N) is 1. The summed E-state index contributed by atoms with van der Waals surface area (Å²) < 4.78 is 0. The zero-order valence-electron chi connectivity index (χ0n) is 8.14. The van der Waals surface area contributed by atoms with Crippen molar-refractivity contribution in [2.45, 2.75) is 0 Å². The van der Waals surface area contributed by atoms with Crippen LogP contribution in [-0.4, -0.2) is 11.2 Å². The minimum Gasteiger partial charge on any atom is -0.354 e. The van der Waals surface area contributed by atoms with E-state index in [-0.39, 0.29) is 0 Å². The summed E-state index contributed by atoms with van der Waals surface area (Å²) in [5, 5.41) is 1.25. The number of hydrogen-bond donors (Lipinski definition) is 1. The smallest absolute Gasteiger partial charge is 0.0480 e. The van der Waals surface area contributed by atoms with Crippen molar-refractivity contribution in [1.29, 1.82) is 0 Å². The largest absolute Gasteiger partial charge is 0.354 e. The van der Waals surface area contributed by atoms with E-state index in [9.17, 15) is 0 Å². The van der Waals surface area contributed by atoms with E-state index in [1.54, 1.807) is 12.4 Å². The van der Waals surface area contributed by atoms with Gasteiger partial charge in [0.1, 0.15) is 0 Å². The molecular weight excluding hydrogens is 184 g/mol. The van der Waals surface area contributed by atoms with Gasteiger partial charge in [0.25, 0.3) is 0 Å². The molecular formula is C13H10N2. The quantitative estimate of drug-likeness (QED) is 0.667. The van der Waals surface area contributed by atoms with Gasteiger partial charge in [-0.25, -0.2) is 0 Å². The maximum Gasteiger partial charge on any atom is 0.0480 e. The molecule has 2 heteroatoms. The zero-order valence-corrected chi connectivity index (χ0v) is 8.14. The Labute approximate surface area is 87.7 Å². The summed E-state index contributed by atoms with van der Waals surface area (Å²) in [4.78, 5) is 7.46. The third-order valence-corrected chi connectivity index (χ3v) is 2.54. The SMILES string of the molecule is C1=C/c2c([nH]c3ccccc23)\C=C/N=C\1. The highest BCUT2D eigenvalue weighted by Gasteiger charge is 2.05. The van der Waals surface area contributed by atoms with E-state index in [2.05, 4.69) is 34.3 Å². The lowest BCUT2D eigenvalue weighted by molar-refractivity contribution is 1.41. The number of aromatic amines is 1. The Hall–Kier alpha value is -2.09. The minimum absolute atomic E-state index is 1.12. The van der Waals surface area contributed by atoms with E-state index in [0.29, 0.717) is 0 Å². The number of aliphatic imine (C=N–C) groups is 1. The van der Waals surface area contributed by atoms with Crippen LogP contribution in [0.15, 0.2) is 41.5 Å². The number of fused-ring (bicyclic) bond motifs is 3. The van der Waals surface area contributed by atoms with Crippen molar-refractivity contribution in [2.75, 3.05) is 0 Å². The van der Waals surface area contributed by atoms with E-state index in [4.69, 9.17) is 0 Å². The highest BCUT2D eigenvalue weighted by Crippen LogP contribution is 2.24. The van der Waals surface area contributed by atoms with Crippen molar-refractivity contribution in [3.63, 3.8) is 0 Å². The number of rotatable bonds is 0. The van der Waals surface area contributed by atoms with Gasteiger partial charge in [-0.05, 0) is 18.2 Å². The highest BCUT2D eigenvalue weighted by molar-refractivity contribution is 5.96. The molecule has 0 unspecified atom stereocenters. The van der Waals surface area contributed by atoms with Crippen LogP contribution in [0.3, 0.4) is 0 Å². The number of hydrogen-bond acceptors (Lipinski definition) is 1. The van der Waals surface area contributed by atoms with E-state index in [1.807, 2.05) is 18.2 Å². The normalized spacial score (nSPS) is 20.3. The van der Waals surface area contributed by atoms with Gasteiger partial charge in [-0.1, -0.05) is 24.3 Å². The maximum absolute atomic E-state index is 4.09.